The lowest BCUT2D eigenvalue weighted by molar-refractivity contribution is 0.0950. The molecule has 3 N–H and O–H groups in total. The van der Waals surface area contributed by atoms with E-state index in [1.54, 1.807) is 12.3 Å². The summed E-state index contributed by atoms with van der Waals surface area (Å²) in [5.41, 5.74) is 6.93. The van der Waals surface area contributed by atoms with E-state index in [0.717, 1.165) is 0 Å². The van der Waals surface area contributed by atoms with Gasteiger partial charge in [0.2, 0.25) is 0 Å². The monoisotopic (exact) mass is 296 g/mol. The topological polar surface area (TPSA) is 80.9 Å². The summed E-state index contributed by atoms with van der Waals surface area (Å²) in [4.78, 5) is 19.8. The Hall–Kier alpha value is -1.85. The number of hydrogen-bond acceptors (Lipinski definition) is 4. The van der Waals surface area contributed by atoms with Crippen LogP contribution in [0, 0.1) is 0 Å². The summed E-state index contributed by atoms with van der Waals surface area (Å²) >= 11 is 11.8. The van der Waals surface area contributed by atoms with Crippen molar-refractivity contribution in [1.29, 1.82) is 0 Å². The van der Waals surface area contributed by atoms with Gasteiger partial charge in [0.15, 0.2) is 0 Å². The first kappa shape index (κ1) is 13.6. The second-order valence-corrected chi connectivity index (χ2v) is 4.53. The number of anilines is 1. The van der Waals surface area contributed by atoms with Crippen LogP contribution < -0.4 is 11.1 Å². The second-order valence-electron chi connectivity index (χ2n) is 3.75. The van der Waals surface area contributed by atoms with E-state index in [1.165, 1.54) is 18.5 Å². The normalized spacial score (nSPS) is 10.2. The number of rotatable bonds is 3. The van der Waals surface area contributed by atoms with E-state index < -0.39 is 0 Å². The zero-order valence-electron chi connectivity index (χ0n) is 9.73. The SMILES string of the molecule is Nc1cc(Cl)c(Cl)c(C(=O)NCc2ccncn2)c1. The second kappa shape index (κ2) is 5.86. The van der Waals surface area contributed by atoms with E-state index in [1.807, 2.05) is 0 Å². The van der Waals surface area contributed by atoms with Crippen molar-refractivity contribution in [2.45, 2.75) is 6.54 Å². The molecule has 98 valence electrons. The molecule has 7 heteroatoms. The van der Waals surface area contributed by atoms with Gasteiger partial charge in [0.1, 0.15) is 6.33 Å². The van der Waals surface area contributed by atoms with Crippen molar-refractivity contribution in [1.82, 2.24) is 15.3 Å². The standard InChI is InChI=1S/C12H10Cl2N4O/c13-10-4-7(15)3-9(11(10)14)12(19)17-5-8-1-2-16-6-18-8/h1-4,6H,5,15H2,(H,17,19). The number of nitrogens with two attached hydrogens (primary N) is 1. The number of aromatic nitrogens is 2. The summed E-state index contributed by atoms with van der Waals surface area (Å²) in [6, 6.07) is 4.67. The number of carbonyl (C=O) groups excluding carboxylic acids is 1. The lowest BCUT2D eigenvalue weighted by Gasteiger charge is -2.08. The molecule has 1 aromatic heterocycles. The number of nitrogen functional groups attached to an aromatic ring is 1. The summed E-state index contributed by atoms with van der Waals surface area (Å²) in [6.45, 7) is 0.268. The van der Waals surface area contributed by atoms with Gasteiger partial charge < -0.3 is 11.1 Å². The van der Waals surface area contributed by atoms with Crippen molar-refractivity contribution in [2.75, 3.05) is 5.73 Å². The van der Waals surface area contributed by atoms with E-state index in [0.29, 0.717) is 11.4 Å². The highest BCUT2D eigenvalue weighted by molar-refractivity contribution is 6.44. The molecule has 2 rings (SSSR count). The van der Waals surface area contributed by atoms with Crippen LogP contribution in [0.4, 0.5) is 5.69 Å². The van der Waals surface area contributed by atoms with Gasteiger partial charge in [-0.25, -0.2) is 9.97 Å². The van der Waals surface area contributed by atoms with Gasteiger partial charge in [-0.1, -0.05) is 23.2 Å². The Morgan fingerprint density at radius 3 is 2.84 bits per heavy atom. The van der Waals surface area contributed by atoms with Crippen LogP contribution in [0.3, 0.4) is 0 Å². The van der Waals surface area contributed by atoms with E-state index in [9.17, 15) is 4.79 Å². The summed E-state index contributed by atoms with van der Waals surface area (Å²) in [5, 5.41) is 3.10. The zero-order valence-corrected chi connectivity index (χ0v) is 11.2. The average Bonchev–Trinajstić information content (AvgIpc) is 2.41. The molecular weight excluding hydrogens is 287 g/mol. The molecule has 1 aromatic carbocycles. The fourth-order valence-corrected chi connectivity index (χ4v) is 1.89. The number of nitrogens with zero attached hydrogens (tertiary/aromatic N) is 2. The average molecular weight is 297 g/mol. The van der Waals surface area contributed by atoms with Crippen LogP contribution in [-0.4, -0.2) is 15.9 Å². The van der Waals surface area contributed by atoms with E-state index in [4.69, 9.17) is 28.9 Å². The number of carbonyl (C=O) groups is 1. The molecular formula is C12H10Cl2N4O. The van der Waals surface area contributed by atoms with Gasteiger partial charge in [0.05, 0.1) is 27.8 Å². The minimum atomic E-state index is -0.363. The first-order chi connectivity index (χ1) is 9.08. The zero-order chi connectivity index (χ0) is 13.8. The number of amides is 1. The van der Waals surface area contributed by atoms with Gasteiger partial charge >= 0.3 is 0 Å². The molecule has 1 amide bonds. The highest BCUT2D eigenvalue weighted by Crippen LogP contribution is 2.28. The molecule has 0 saturated heterocycles. The molecule has 0 saturated carbocycles. The summed E-state index contributed by atoms with van der Waals surface area (Å²) in [7, 11) is 0. The van der Waals surface area contributed by atoms with Crippen molar-refractivity contribution in [3.05, 3.63) is 52.0 Å². The van der Waals surface area contributed by atoms with Crippen molar-refractivity contribution in [3.63, 3.8) is 0 Å². The Balaban J connectivity index is 2.13. The van der Waals surface area contributed by atoms with Gasteiger partial charge in [0.25, 0.3) is 5.91 Å². The van der Waals surface area contributed by atoms with Crippen LogP contribution in [0.1, 0.15) is 16.1 Å². The van der Waals surface area contributed by atoms with E-state index >= 15 is 0 Å². The number of benzene rings is 1. The van der Waals surface area contributed by atoms with E-state index in [-0.39, 0.29) is 28.1 Å². The maximum Gasteiger partial charge on any atom is 0.253 e. The highest BCUT2D eigenvalue weighted by atomic mass is 35.5. The van der Waals surface area contributed by atoms with Crippen LogP contribution in [0.2, 0.25) is 10.0 Å². The molecule has 0 fully saturated rings. The largest absolute Gasteiger partial charge is 0.399 e. The molecule has 0 unspecified atom stereocenters. The fourth-order valence-electron chi connectivity index (χ4n) is 1.46. The van der Waals surface area contributed by atoms with E-state index in [2.05, 4.69) is 15.3 Å². The molecule has 0 aliphatic rings. The maximum absolute atomic E-state index is 12.0. The third kappa shape index (κ3) is 3.33. The van der Waals surface area contributed by atoms with Crippen molar-refractivity contribution in [2.24, 2.45) is 0 Å². The molecule has 2 aromatic rings. The van der Waals surface area contributed by atoms with Crippen LogP contribution in [0.25, 0.3) is 0 Å². The molecule has 0 aliphatic carbocycles. The Labute approximate surface area is 119 Å². The highest BCUT2D eigenvalue weighted by Gasteiger charge is 2.14. The lowest BCUT2D eigenvalue weighted by atomic mass is 10.2. The summed E-state index contributed by atoms with van der Waals surface area (Å²) in [6.07, 6.45) is 3.00. The number of hydrogen-bond donors (Lipinski definition) is 2. The minimum absolute atomic E-state index is 0.177. The van der Waals surface area contributed by atoms with Gasteiger partial charge in [-0.2, -0.15) is 0 Å². The van der Waals surface area contributed by atoms with Gasteiger partial charge in [-0.15, -0.1) is 0 Å². The molecule has 0 radical (unpaired) electrons. The first-order valence-electron chi connectivity index (χ1n) is 5.35. The third-order valence-corrected chi connectivity index (χ3v) is 3.17. The Kier molecular flexibility index (Phi) is 4.19. The van der Waals surface area contributed by atoms with Crippen LogP contribution in [0.15, 0.2) is 30.7 Å². The molecule has 5 nitrogen and oxygen atoms in total. The quantitative estimate of drug-likeness (QED) is 0.852. The Morgan fingerprint density at radius 2 is 2.16 bits per heavy atom. The summed E-state index contributed by atoms with van der Waals surface area (Å²) in [5.74, 6) is -0.363. The van der Waals surface area contributed by atoms with Gasteiger partial charge in [0, 0.05) is 11.9 Å². The van der Waals surface area contributed by atoms with Gasteiger partial charge in [-0.05, 0) is 18.2 Å². The van der Waals surface area contributed by atoms with Crippen LogP contribution >= 0.6 is 23.2 Å². The van der Waals surface area contributed by atoms with Crippen LogP contribution in [-0.2, 0) is 6.54 Å². The smallest absolute Gasteiger partial charge is 0.253 e. The van der Waals surface area contributed by atoms with Crippen molar-refractivity contribution in [3.8, 4) is 0 Å². The van der Waals surface area contributed by atoms with Gasteiger partial charge in [-0.3, -0.25) is 4.79 Å². The maximum atomic E-state index is 12.0. The molecule has 0 spiro atoms. The van der Waals surface area contributed by atoms with Crippen LogP contribution in [0.5, 0.6) is 0 Å². The van der Waals surface area contributed by atoms with Crippen molar-refractivity contribution < 1.29 is 4.79 Å². The lowest BCUT2D eigenvalue weighted by Crippen LogP contribution is -2.23. The number of halogens is 2. The number of nitrogens with one attached hydrogen (secondary N) is 1. The molecule has 0 bridgehead atoms. The molecule has 0 aliphatic heterocycles. The molecule has 1 heterocycles. The Morgan fingerprint density at radius 1 is 1.37 bits per heavy atom. The van der Waals surface area contributed by atoms with Crippen molar-refractivity contribution >= 4 is 34.8 Å². The predicted octanol–water partition coefficient (Wildman–Crippen LogP) is 2.30. The Bertz CT molecular complexity index is 604. The third-order valence-electron chi connectivity index (χ3n) is 2.37. The summed E-state index contributed by atoms with van der Waals surface area (Å²) < 4.78 is 0. The minimum Gasteiger partial charge on any atom is -0.399 e. The molecule has 0 atom stereocenters. The predicted molar refractivity (Wildman–Crippen MR) is 74.1 cm³/mol. The molecule has 19 heavy (non-hydrogen) atoms. The fraction of sp³-hybridized carbons (Fsp3) is 0.0833. The first-order valence-corrected chi connectivity index (χ1v) is 6.11.